The topological polar surface area (TPSA) is 137 Å². The zero-order chi connectivity index (χ0) is 21.6. The van der Waals surface area contributed by atoms with Crippen LogP contribution in [0.25, 0.3) is 0 Å². The number of ether oxygens (including phenoxy) is 2. The van der Waals surface area contributed by atoms with Crippen LogP contribution in [0.4, 0.5) is 0 Å². The first-order valence-electron chi connectivity index (χ1n) is 10.8. The molecule has 0 spiro atoms. The van der Waals surface area contributed by atoms with E-state index in [9.17, 15) is 25.2 Å². The Balaban J connectivity index is 2.19. The number of carbonyl (C=O) groups is 1. The first-order valence-corrected chi connectivity index (χ1v) is 10.8. The van der Waals surface area contributed by atoms with E-state index in [4.69, 9.17) is 14.6 Å². The van der Waals surface area contributed by atoms with Crippen LogP contribution in [0.5, 0.6) is 0 Å². The summed E-state index contributed by atoms with van der Waals surface area (Å²) in [6.07, 6.45) is 7.20. The fourth-order valence-corrected chi connectivity index (χ4v) is 3.28. The minimum atomic E-state index is -1.45. The van der Waals surface area contributed by atoms with Gasteiger partial charge in [0.1, 0.15) is 18.8 Å². The SMILES string of the molecule is CCCCCCCCCCCCC(O)C(O)COC1=C(O)C(=O)O[C@@H]1[C@@H](O)CO. The van der Waals surface area contributed by atoms with E-state index in [1.807, 2.05) is 0 Å². The molecule has 8 heteroatoms. The van der Waals surface area contributed by atoms with Crippen molar-refractivity contribution in [2.75, 3.05) is 13.2 Å². The predicted molar refractivity (Wildman–Crippen MR) is 107 cm³/mol. The molecule has 0 fully saturated rings. The largest absolute Gasteiger partial charge is 0.499 e. The van der Waals surface area contributed by atoms with Gasteiger partial charge in [-0.15, -0.1) is 0 Å². The van der Waals surface area contributed by atoms with Crippen LogP contribution in [0.2, 0.25) is 0 Å². The average Bonchev–Trinajstić information content (AvgIpc) is 3.00. The highest BCUT2D eigenvalue weighted by molar-refractivity contribution is 5.89. The van der Waals surface area contributed by atoms with Crippen LogP contribution in [-0.2, 0) is 14.3 Å². The van der Waals surface area contributed by atoms with E-state index in [0.717, 1.165) is 19.3 Å². The van der Waals surface area contributed by atoms with Crippen molar-refractivity contribution >= 4 is 5.97 Å². The van der Waals surface area contributed by atoms with Crippen molar-refractivity contribution in [3.63, 3.8) is 0 Å². The number of aliphatic hydroxyl groups excluding tert-OH is 5. The minimum Gasteiger partial charge on any atom is -0.499 e. The first-order chi connectivity index (χ1) is 13.9. The molecule has 0 aromatic rings. The van der Waals surface area contributed by atoms with Gasteiger partial charge in [-0.05, 0) is 6.42 Å². The maximum Gasteiger partial charge on any atom is 0.378 e. The third-order valence-electron chi connectivity index (χ3n) is 5.16. The van der Waals surface area contributed by atoms with Crippen molar-refractivity contribution in [3.8, 4) is 0 Å². The van der Waals surface area contributed by atoms with Gasteiger partial charge in [0.05, 0.1) is 12.7 Å². The molecular weight excluding hydrogens is 380 g/mol. The summed E-state index contributed by atoms with van der Waals surface area (Å²) in [5.41, 5.74) is 0. The highest BCUT2D eigenvalue weighted by Gasteiger charge is 2.41. The van der Waals surface area contributed by atoms with E-state index in [-0.39, 0.29) is 12.4 Å². The van der Waals surface area contributed by atoms with Crippen LogP contribution in [0.15, 0.2) is 11.5 Å². The van der Waals surface area contributed by atoms with E-state index >= 15 is 0 Å². The Morgan fingerprint density at radius 2 is 1.48 bits per heavy atom. The lowest BCUT2D eigenvalue weighted by molar-refractivity contribution is -0.148. The van der Waals surface area contributed by atoms with E-state index in [1.54, 1.807) is 0 Å². The summed E-state index contributed by atoms with van der Waals surface area (Å²) in [5, 5.41) is 48.4. The van der Waals surface area contributed by atoms with E-state index in [2.05, 4.69) is 6.92 Å². The molecule has 2 unspecified atom stereocenters. The van der Waals surface area contributed by atoms with Crippen molar-refractivity contribution in [2.45, 2.75) is 102 Å². The molecule has 170 valence electrons. The fourth-order valence-electron chi connectivity index (χ4n) is 3.28. The van der Waals surface area contributed by atoms with E-state index in [0.29, 0.717) is 6.42 Å². The molecule has 5 N–H and O–H groups in total. The fraction of sp³-hybridized carbons (Fsp3) is 0.857. The number of hydrogen-bond donors (Lipinski definition) is 5. The summed E-state index contributed by atoms with van der Waals surface area (Å²) in [6.45, 7) is 1.15. The molecule has 4 atom stereocenters. The summed E-state index contributed by atoms with van der Waals surface area (Å²) in [4.78, 5) is 11.4. The van der Waals surface area contributed by atoms with Gasteiger partial charge >= 0.3 is 5.97 Å². The molecule has 8 nitrogen and oxygen atoms in total. The average molecular weight is 419 g/mol. The molecule has 29 heavy (non-hydrogen) atoms. The monoisotopic (exact) mass is 418 g/mol. The molecule has 1 rings (SSSR count). The minimum absolute atomic E-state index is 0.346. The maximum absolute atomic E-state index is 11.4. The van der Waals surface area contributed by atoms with Crippen LogP contribution in [0.3, 0.4) is 0 Å². The van der Waals surface area contributed by atoms with Gasteiger partial charge in [-0.25, -0.2) is 4.79 Å². The molecule has 0 aliphatic carbocycles. The van der Waals surface area contributed by atoms with Gasteiger partial charge in [0.15, 0.2) is 11.9 Å². The second-order valence-corrected chi connectivity index (χ2v) is 7.71. The van der Waals surface area contributed by atoms with Crippen molar-refractivity contribution in [2.24, 2.45) is 0 Å². The molecule has 0 saturated heterocycles. The van der Waals surface area contributed by atoms with Gasteiger partial charge in [-0.3, -0.25) is 0 Å². The lowest BCUT2D eigenvalue weighted by Gasteiger charge is -2.22. The van der Waals surface area contributed by atoms with Crippen LogP contribution in [0, 0.1) is 0 Å². The smallest absolute Gasteiger partial charge is 0.378 e. The van der Waals surface area contributed by atoms with Crippen LogP contribution in [-0.4, -0.2) is 69.1 Å². The van der Waals surface area contributed by atoms with Gasteiger partial charge in [0.2, 0.25) is 5.76 Å². The van der Waals surface area contributed by atoms with Gasteiger partial charge in [-0.1, -0.05) is 71.1 Å². The zero-order valence-corrected chi connectivity index (χ0v) is 17.5. The van der Waals surface area contributed by atoms with Crippen molar-refractivity contribution in [1.29, 1.82) is 0 Å². The highest BCUT2D eigenvalue weighted by atomic mass is 16.6. The number of hydrogen-bond acceptors (Lipinski definition) is 8. The van der Waals surface area contributed by atoms with Gasteiger partial charge in [0, 0.05) is 0 Å². The number of cyclic esters (lactones) is 1. The van der Waals surface area contributed by atoms with E-state index < -0.39 is 42.8 Å². The maximum atomic E-state index is 11.4. The summed E-state index contributed by atoms with van der Waals surface area (Å²) in [6, 6.07) is 0. The molecule has 1 aliphatic rings. The second kappa shape index (κ2) is 14.6. The predicted octanol–water partition coefficient (Wildman–Crippen LogP) is 2.08. The Morgan fingerprint density at radius 1 is 0.931 bits per heavy atom. The lowest BCUT2D eigenvalue weighted by atomic mass is 10.0. The lowest BCUT2D eigenvalue weighted by Crippen LogP contribution is -2.35. The van der Waals surface area contributed by atoms with E-state index in [1.165, 1.54) is 44.9 Å². The number of esters is 1. The van der Waals surface area contributed by atoms with Gasteiger partial charge in [-0.2, -0.15) is 0 Å². The van der Waals surface area contributed by atoms with Crippen LogP contribution < -0.4 is 0 Å². The summed E-state index contributed by atoms with van der Waals surface area (Å²) in [5.74, 6) is -2.22. The van der Waals surface area contributed by atoms with Crippen LogP contribution >= 0.6 is 0 Å². The number of carbonyl (C=O) groups excluding carboxylic acids is 1. The normalized spacial score (nSPS) is 19.9. The highest BCUT2D eigenvalue weighted by Crippen LogP contribution is 2.25. The van der Waals surface area contributed by atoms with Crippen molar-refractivity contribution < 1.29 is 39.8 Å². The number of unbranched alkanes of at least 4 members (excludes halogenated alkanes) is 9. The second-order valence-electron chi connectivity index (χ2n) is 7.71. The summed E-state index contributed by atoms with van der Waals surface area (Å²) < 4.78 is 9.93. The number of aliphatic hydroxyl groups is 5. The standard InChI is InChI=1S/C21H38O8/c1-2-3-4-5-6-7-8-9-10-11-12-15(23)17(25)14-28-20-18(26)21(27)29-19(20)16(24)13-22/h15-17,19,22-26H,2-14H2,1H3/t15?,16-,17?,19+/m0/s1. The molecule has 1 aliphatic heterocycles. The third kappa shape index (κ3) is 9.33. The number of rotatable bonds is 17. The molecule has 0 radical (unpaired) electrons. The zero-order valence-electron chi connectivity index (χ0n) is 17.5. The Hall–Kier alpha value is -1.35. The molecule has 0 saturated carbocycles. The summed E-state index contributed by atoms with van der Waals surface area (Å²) in [7, 11) is 0. The summed E-state index contributed by atoms with van der Waals surface area (Å²) >= 11 is 0. The molecule has 0 bridgehead atoms. The molecular formula is C21H38O8. The quantitative estimate of drug-likeness (QED) is 0.179. The Morgan fingerprint density at radius 3 is 2.03 bits per heavy atom. The van der Waals surface area contributed by atoms with Gasteiger partial charge in [0.25, 0.3) is 0 Å². The van der Waals surface area contributed by atoms with Crippen molar-refractivity contribution in [3.05, 3.63) is 11.5 Å². The first kappa shape index (κ1) is 25.7. The van der Waals surface area contributed by atoms with Gasteiger partial charge < -0.3 is 35.0 Å². The molecule has 0 aromatic carbocycles. The molecule has 0 amide bonds. The third-order valence-corrected chi connectivity index (χ3v) is 5.16. The van der Waals surface area contributed by atoms with Crippen LogP contribution in [0.1, 0.15) is 77.6 Å². The molecule has 1 heterocycles. The Labute approximate surface area is 173 Å². The van der Waals surface area contributed by atoms with Crippen molar-refractivity contribution in [1.82, 2.24) is 0 Å². The molecule has 0 aromatic heterocycles. The Bertz CT molecular complexity index is 493. The Kier molecular flexibility index (Phi) is 12.9.